The number of anilines is 1. The molecule has 0 bridgehead atoms. The largest absolute Gasteiger partial charge is 0.481 e. The van der Waals surface area contributed by atoms with Crippen molar-refractivity contribution in [1.82, 2.24) is 4.31 Å². The first-order valence-corrected chi connectivity index (χ1v) is 16.7. The number of benzene rings is 3. The predicted molar refractivity (Wildman–Crippen MR) is 173 cm³/mol. The smallest absolute Gasteiger partial charge is 0.307 e. The third-order valence-corrected chi connectivity index (χ3v) is 11.1. The van der Waals surface area contributed by atoms with Crippen LogP contribution in [0, 0.1) is 24.2 Å². The zero-order valence-corrected chi connectivity index (χ0v) is 26.6. The summed E-state index contributed by atoms with van der Waals surface area (Å²) in [7, 11) is -3.42. The Morgan fingerprint density at radius 2 is 1.64 bits per heavy atom. The zero-order valence-electron chi connectivity index (χ0n) is 25.7. The summed E-state index contributed by atoms with van der Waals surface area (Å²) in [6, 6.07) is 19.7. The average Bonchev–Trinajstić information content (AvgIpc) is 3.56. The van der Waals surface area contributed by atoms with Crippen molar-refractivity contribution in [3.05, 3.63) is 94.5 Å². The maximum atomic E-state index is 14.0. The molecule has 1 aliphatic heterocycles. The number of aliphatic carboxylic acids is 1. The number of amides is 2. The Balaban J connectivity index is 1.36. The van der Waals surface area contributed by atoms with E-state index in [4.69, 9.17) is 0 Å². The first kappa shape index (κ1) is 31.8. The van der Waals surface area contributed by atoms with Crippen molar-refractivity contribution in [2.45, 2.75) is 77.2 Å². The van der Waals surface area contributed by atoms with Crippen LogP contribution in [-0.2, 0) is 22.6 Å². The minimum Gasteiger partial charge on any atom is -0.481 e. The zero-order chi connectivity index (χ0) is 31.8. The van der Waals surface area contributed by atoms with Gasteiger partial charge in [0.15, 0.2) is 0 Å². The van der Waals surface area contributed by atoms with Crippen LogP contribution in [0.2, 0.25) is 0 Å². The van der Waals surface area contributed by atoms with Gasteiger partial charge in [0.1, 0.15) is 0 Å². The van der Waals surface area contributed by atoms with Gasteiger partial charge in [-0.15, -0.1) is 0 Å². The number of carbonyl (C=O) groups is 3. The molecule has 0 saturated heterocycles. The monoisotopic (exact) mass is 618 g/mol. The van der Waals surface area contributed by atoms with E-state index in [-0.39, 0.29) is 29.2 Å². The van der Waals surface area contributed by atoms with Crippen LogP contribution in [0.3, 0.4) is 0 Å². The number of fused-ring (bicyclic) bond motifs is 1. The van der Waals surface area contributed by atoms with Gasteiger partial charge in [0, 0.05) is 5.69 Å². The van der Waals surface area contributed by atoms with Gasteiger partial charge in [-0.05, 0) is 78.0 Å². The van der Waals surface area contributed by atoms with E-state index in [0.29, 0.717) is 17.7 Å². The fourth-order valence-corrected chi connectivity index (χ4v) is 8.18. The van der Waals surface area contributed by atoms with Gasteiger partial charge in [-0.2, -0.15) is 0 Å². The van der Waals surface area contributed by atoms with Crippen LogP contribution in [0.4, 0.5) is 5.69 Å². The molecule has 2 atom stereocenters. The van der Waals surface area contributed by atoms with Gasteiger partial charge in [-0.1, -0.05) is 92.9 Å². The number of nitrogens with zero attached hydrogens (tertiary/aromatic N) is 1. The number of carbonyl (C=O) groups excluding carboxylic acids is 2. The van der Waals surface area contributed by atoms with Crippen LogP contribution in [0.15, 0.2) is 71.6 Å². The molecular weight excluding hydrogens is 576 g/mol. The van der Waals surface area contributed by atoms with E-state index in [1.807, 2.05) is 70.2 Å². The molecule has 9 heteroatoms. The summed E-state index contributed by atoms with van der Waals surface area (Å²) in [6.07, 6.45) is 4.41. The molecule has 3 aromatic rings. The highest BCUT2D eigenvalue weighted by molar-refractivity contribution is 8.23. The van der Waals surface area contributed by atoms with Gasteiger partial charge >= 0.3 is 5.97 Å². The topological polar surface area (TPSA) is 127 Å². The van der Waals surface area contributed by atoms with E-state index in [1.165, 1.54) is 0 Å². The number of rotatable bonds is 9. The summed E-state index contributed by atoms with van der Waals surface area (Å²) >= 11 is 0. The summed E-state index contributed by atoms with van der Waals surface area (Å²) in [4.78, 5) is 39.2. The van der Waals surface area contributed by atoms with Crippen molar-refractivity contribution in [2.75, 3.05) is 5.32 Å². The molecule has 8 nitrogen and oxygen atoms in total. The third-order valence-electron chi connectivity index (χ3n) is 9.24. The average molecular weight is 619 g/mol. The SMILES string of the molecule is Cc1c(CC(C(=O)O)C(C)(C)C)cccc1NC(=O)C(c1ccc(CN2C(=O)c3ccccc3S2(O)O)cc1)C1CCCC1. The van der Waals surface area contributed by atoms with Crippen LogP contribution in [-0.4, -0.2) is 36.3 Å². The lowest BCUT2D eigenvalue weighted by Crippen LogP contribution is -2.30. The number of nitrogens with one attached hydrogen (secondary N) is 1. The van der Waals surface area contributed by atoms with Crippen LogP contribution >= 0.6 is 10.8 Å². The Morgan fingerprint density at radius 3 is 2.25 bits per heavy atom. The second-order valence-electron chi connectivity index (χ2n) is 13.2. The summed E-state index contributed by atoms with van der Waals surface area (Å²) < 4.78 is 22.8. The highest BCUT2D eigenvalue weighted by Crippen LogP contribution is 2.59. The lowest BCUT2D eigenvalue weighted by molar-refractivity contribution is -0.145. The van der Waals surface area contributed by atoms with E-state index in [1.54, 1.807) is 24.3 Å². The Bertz CT molecular complexity index is 1560. The standard InChI is InChI=1S/C35H42N2O6S/c1-22-26(20-28(34(40)41)35(2,3)4)12-9-14-29(22)36-32(38)31(24-10-5-6-11-24)25-18-16-23(17-19-25)21-37-33(39)27-13-7-8-15-30(27)44(37,42)43/h7-9,12-19,24,28,31,42-43H,5-6,10-11,20-21H2,1-4H3,(H,36,38)(H,40,41). The molecule has 1 fully saturated rings. The maximum absolute atomic E-state index is 14.0. The highest BCUT2D eigenvalue weighted by Gasteiger charge is 2.41. The van der Waals surface area contributed by atoms with E-state index in [9.17, 15) is 28.6 Å². The van der Waals surface area contributed by atoms with Crippen molar-refractivity contribution in [2.24, 2.45) is 17.3 Å². The Morgan fingerprint density at radius 1 is 0.977 bits per heavy atom. The molecule has 1 saturated carbocycles. The van der Waals surface area contributed by atoms with Crippen LogP contribution in [0.5, 0.6) is 0 Å². The second kappa shape index (κ2) is 12.4. The Hall–Kier alpha value is -3.66. The van der Waals surface area contributed by atoms with Crippen molar-refractivity contribution in [3.8, 4) is 0 Å². The molecule has 44 heavy (non-hydrogen) atoms. The van der Waals surface area contributed by atoms with Crippen molar-refractivity contribution in [3.63, 3.8) is 0 Å². The van der Waals surface area contributed by atoms with E-state index >= 15 is 0 Å². The molecule has 2 unspecified atom stereocenters. The molecule has 0 radical (unpaired) electrons. The van der Waals surface area contributed by atoms with E-state index in [0.717, 1.165) is 52.2 Å². The van der Waals surface area contributed by atoms with E-state index < -0.39 is 34.0 Å². The summed E-state index contributed by atoms with van der Waals surface area (Å²) in [5.41, 5.74) is 3.94. The first-order chi connectivity index (χ1) is 20.8. The molecular formula is C35H42N2O6S. The van der Waals surface area contributed by atoms with Crippen LogP contribution in [0.1, 0.15) is 85.0 Å². The number of hydrogen-bond acceptors (Lipinski definition) is 5. The third kappa shape index (κ3) is 6.27. The normalized spacial score (nSPS) is 18.5. The van der Waals surface area contributed by atoms with Crippen molar-refractivity contribution in [1.29, 1.82) is 0 Å². The lowest BCUT2D eigenvalue weighted by Gasteiger charge is -2.37. The lowest BCUT2D eigenvalue weighted by atomic mass is 9.76. The van der Waals surface area contributed by atoms with Gasteiger partial charge in [-0.25, -0.2) is 4.31 Å². The van der Waals surface area contributed by atoms with Crippen molar-refractivity contribution >= 4 is 34.2 Å². The van der Waals surface area contributed by atoms with E-state index in [2.05, 4.69) is 5.32 Å². The fraction of sp³-hybridized carbons (Fsp3) is 0.400. The quantitative estimate of drug-likeness (QED) is 0.193. The molecule has 0 spiro atoms. The van der Waals surface area contributed by atoms with Gasteiger partial charge in [0.2, 0.25) is 5.91 Å². The molecule has 234 valence electrons. The minimum atomic E-state index is -3.42. The Labute approximate surface area is 261 Å². The maximum Gasteiger partial charge on any atom is 0.307 e. The second-order valence-corrected chi connectivity index (χ2v) is 15.1. The number of hydrogen-bond donors (Lipinski definition) is 4. The first-order valence-electron chi connectivity index (χ1n) is 15.2. The number of carboxylic acid groups (broad SMARTS) is 1. The Kier molecular flexibility index (Phi) is 8.94. The minimum absolute atomic E-state index is 0.0360. The summed E-state index contributed by atoms with van der Waals surface area (Å²) in [5.74, 6) is -2.11. The predicted octanol–water partition coefficient (Wildman–Crippen LogP) is 7.88. The van der Waals surface area contributed by atoms with Crippen molar-refractivity contribution < 1.29 is 28.6 Å². The van der Waals surface area contributed by atoms with Gasteiger partial charge in [-0.3, -0.25) is 23.5 Å². The highest BCUT2D eigenvalue weighted by atomic mass is 32.3. The van der Waals surface area contributed by atoms with Crippen LogP contribution < -0.4 is 5.32 Å². The summed E-state index contributed by atoms with van der Waals surface area (Å²) in [6.45, 7) is 7.74. The number of carboxylic acids is 1. The van der Waals surface area contributed by atoms with Gasteiger partial charge < -0.3 is 10.4 Å². The summed E-state index contributed by atoms with van der Waals surface area (Å²) in [5, 5.41) is 13.0. The molecule has 1 heterocycles. The molecule has 2 amide bonds. The van der Waals surface area contributed by atoms with Gasteiger partial charge in [0.05, 0.1) is 28.8 Å². The fourth-order valence-electron chi connectivity index (χ4n) is 6.57. The molecule has 4 N–H and O–H groups in total. The molecule has 1 aliphatic carbocycles. The molecule has 5 rings (SSSR count). The van der Waals surface area contributed by atoms with Crippen LogP contribution in [0.25, 0.3) is 0 Å². The molecule has 2 aliphatic rings. The molecule has 3 aromatic carbocycles. The molecule has 0 aromatic heterocycles. The van der Waals surface area contributed by atoms with Gasteiger partial charge in [0.25, 0.3) is 5.91 Å².